The molecule has 0 spiro atoms. The summed E-state index contributed by atoms with van der Waals surface area (Å²) in [4.78, 5) is 25.1. The van der Waals surface area contributed by atoms with Gasteiger partial charge in [0.25, 0.3) is 11.6 Å². The molecule has 9 heteroatoms. The Labute approximate surface area is 175 Å². The lowest BCUT2D eigenvalue weighted by Crippen LogP contribution is -2.31. The third kappa shape index (κ3) is 6.08. The number of methoxy groups -OCH3 is 2. The monoisotopic (exact) mass is 418 g/mol. The van der Waals surface area contributed by atoms with Crippen LogP contribution < -0.4 is 14.2 Å². The molecule has 2 rings (SSSR count). The van der Waals surface area contributed by atoms with Crippen LogP contribution in [-0.4, -0.2) is 63.4 Å². The summed E-state index contributed by atoms with van der Waals surface area (Å²) in [6.07, 6.45) is 0. The van der Waals surface area contributed by atoms with Crippen LogP contribution in [0.15, 0.2) is 36.4 Å². The Morgan fingerprint density at radius 2 is 1.73 bits per heavy atom. The van der Waals surface area contributed by atoms with Crippen molar-refractivity contribution in [2.75, 3.05) is 47.6 Å². The minimum atomic E-state index is -0.619. The molecule has 0 fully saturated rings. The molecular formula is C21H26N2O7. The van der Waals surface area contributed by atoms with Crippen molar-refractivity contribution in [3.63, 3.8) is 0 Å². The zero-order chi connectivity index (χ0) is 22.1. The summed E-state index contributed by atoms with van der Waals surface area (Å²) in [7, 11) is 4.47. The van der Waals surface area contributed by atoms with Crippen molar-refractivity contribution < 1.29 is 28.7 Å². The Morgan fingerprint density at radius 3 is 2.33 bits per heavy atom. The number of aryl methyl sites for hydroxylation is 1. The number of ether oxygens (including phenoxy) is 4. The maximum absolute atomic E-state index is 12.8. The quantitative estimate of drug-likeness (QED) is 0.314. The first-order chi connectivity index (χ1) is 14.4. The van der Waals surface area contributed by atoms with Gasteiger partial charge in [0.15, 0.2) is 11.5 Å². The maximum Gasteiger partial charge on any atom is 0.286 e. The number of amides is 1. The van der Waals surface area contributed by atoms with E-state index >= 15 is 0 Å². The summed E-state index contributed by atoms with van der Waals surface area (Å²) in [5.74, 6) is 0.565. The zero-order valence-electron chi connectivity index (χ0n) is 17.5. The fourth-order valence-corrected chi connectivity index (χ4v) is 2.62. The molecule has 0 atom stereocenters. The van der Waals surface area contributed by atoms with E-state index in [1.807, 2.05) is 31.2 Å². The fraction of sp³-hybridized carbons (Fsp3) is 0.381. The molecule has 1 amide bonds. The predicted octanol–water partition coefficient (Wildman–Crippen LogP) is 3.09. The number of likely N-dealkylation sites (N-methyl/N-ethyl adjacent to an activating group) is 1. The summed E-state index contributed by atoms with van der Waals surface area (Å²) in [6, 6.07) is 10.1. The molecule has 0 heterocycles. The van der Waals surface area contributed by atoms with Crippen LogP contribution in [0.25, 0.3) is 0 Å². The normalized spacial score (nSPS) is 10.4. The molecule has 9 nitrogen and oxygen atoms in total. The molecule has 0 saturated carbocycles. The van der Waals surface area contributed by atoms with Gasteiger partial charge in [0, 0.05) is 20.2 Å². The van der Waals surface area contributed by atoms with E-state index in [1.54, 1.807) is 7.05 Å². The number of rotatable bonds is 11. The van der Waals surface area contributed by atoms with E-state index in [9.17, 15) is 14.9 Å². The number of nitro benzene ring substituents is 1. The second-order valence-electron chi connectivity index (χ2n) is 6.51. The highest BCUT2D eigenvalue weighted by molar-refractivity contribution is 5.99. The molecule has 0 aromatic heterocycles. The van der Waals surface area contributed by atoms with Gasteiger partial charge in [-0.05, 0) is 19.1 Å². The minimum Gasteiger partial charge on any atom is -0.493 e. The highest BCUT2D eigenvalue weighted by Crippen LogP contribution is 2.35. The number of benzene rings is 2. The number of hydrogen-bond donors (Lipinski definition) is 0. The topological polar surface area (TPSA) is 100 Å². The third-order valence-electron chi connectivity index (χ3n) is 4.32. The summed E-state index contributed by atoms with van der Waals surface area (Å²) in [5.41, 5.74) is 0.666. The summed E-state index contributed by atoms with van der Waals surface area (Å²) in [6.45, 7) is 2.97. The first kappa shape index (κ1) is 23.0. The van der Waals surface area contributed by atoms with E-state index in [4.69, 9.17) is 18.9 Å². The van der Waals surface area contributed by atoms with Gasteiger partial charge < -0.3 is 23.8 Å². The molecule has 0 bridgehead atoms. The molecule has 0 aliphatic heterocycles. The van der Waals surface area contributed by atoms with E-state index in [1.165, 1.54) is 31.3 Å². The second-order valence-corrected chi connectivity index (χ2v) is 6.51. The molecule has 0 radical (unpaired) electrons. The van der Waals surface area contributed by atoms with E-state index in [0.29, 0.717) is 12.4 Å². The highest BCUT2D eigenvalue weighted by atomic mass is 16.6. The fourth-order valence-electron chi connectivity index (χ4n) is 2.62. The van der Waals surface area contributed by atoms with E-state index in [0.717, 1.165) is 5.56 Å². The molecule has 2 aromatic rings. The lowest BCUT2D eigenvalue weighted by molar-refractivity contribution is -0.385. The number of hydrogen-bond acceptors (Lipinski definition) is 7. The van der Waals surface area contributed by atoms with Crippen LogP contribution in [-0.2, 0) is 4.74 Å². The van der Waals surface area contributed by atoms with Crippen molar-refractivity contribution >= 4 is 11.6 Å². The predicted molar refractivity (Wildman–Crippen MR) is 111 cm³/mol. The van der Waals surface area contributed by atoms with Gasteiger partial charge in [0.2, 0.25) is 0 Å². The van der Waals surface area contributed by atoms with Gasteiger partial charge >= 0.3 is 0 Å². The standard InChI is InChI=1S/C21H26N2O7/c1-15-5-7-16(8-6-15)29-10-9-22(2)21(24)17-13-19(28-4)20(30-12-11-27-3)14-18(17)23(25)26/h5-8,13-14H,9-12H2,1-4H3. The van der Waals surface area contributed by atoms with Crippen molar-refractivity contribution in [1.29, 1.82) is 0 Å². The van der Waals surface area contributed by atoms with Gasteiger partial charge in [-0.15, -0.1) is 0 Å². The van der Waals surface area contributed by atoms with Crippen molar-refractivity contribution in [1.82, 2.24) is 4.90 Å². The van der Waals surface area contributed by atoms with Crippen LogP contribution >= 0.6 is 0 Å². The van der Waals surface area contributed by atoms with Crippen molar-refractivity contribution in [2.45, 2.75) is 6.92 Å². The SMILES string of the molecule is COCCOc1cc([N+](=O)[O-])c(C(=O)N(C)CCOc2ccc(C)cc2)cc1OC. The Hall–Kier alpha value is -3.33. The molecule has 30 heavy (non-hydrogen) atoms. The third-order valence-corrected chi connectivity index (χ3v) is 4.32. The minimum absolute atomic E-state index is 0.0891. The smallest absolute Gasteiger partial charge is 0.286 e. The van der Waals surface area contributed by atoms with Crippen LogP contribution in [0.2, 0.25) is 0 Å². The van der Waals surface area contributed by atoms with Gasteiger partial charge in [0.1, 0.15) is 24.5 Å². The average Bonchev–Trinajstić information content (AvgIpc) is 2.74. The van der Waals surface area contributed by atoms with Crippen molar-refractivity contribution in [3.8, 4) is 17.2 Å². The van der Waals surface area contributed by atoms with Crippen LogP contribution in [0.4, 0.5) is 5.69 Å². The average molecular weight is 418 g/mol. The van der Waals surface area contributed by atoms with E-state index < -0.39 is 10.8 Å². The van der Waals surface area contributed by atoms with Crippen LogP contribution in [0, 0.1) is 17.0 Å². The lowest BCUT2D eigenvalue weighted by Gasteiger charge is -2.19. The van der Waals surface area contributed by atoms with E-state index in [2.05, 4.69) is 0 Å². The van der Waals surface area contributed by atoms with Gasteiger partial charge in [-0.2, -0.15) is 0 Å². The van der Waals surface area contributed by atoms with Crippen molar-refractivity contribution in [2.24, 2.45) is 0 Å². The first-order valence-corrected chi connectivity index (χ1v) is 9.30. The number of nitrogens with zero attached hydrogens (tertiary/aromatic N) is 2. The van der Waals surface area contributed by atoms with Crippen molar-refractivity contribution in [3.05, 3.63) is 57.6 Å². The maximum atomic E-state index is 12.8. The molecule has 0 unspecified atom stereocenters. The lowest BCUT2D eigenvalue weighted by atomic mass is 10.1. The van der Waals surface area contributed by atoms with Crippen LogP contribution in [0.1, 0.15) is 15.9 Å². The van der Waals surface area contributed by atoms with Gasteiger partial charge in [-0.3, -0.25) is 14.9 Å². The molecule has 0 N–H and O–H groups in total. The number of nitro groups is 1. The summed E-state index contributed by atoms with van der Waals surface area (Å²) < 4.78 is 21.3. The molecule has 0 saturated heterocycles. The van der Waals surface area contributed by atoms with Gasteiger partial charge in [-0.1, -0.05) is 17.7 Å². The molecule has 2 aromatic carbocycles. The van der Waals surface area contributed by atoms with Crippen LogP contribution in [0.3, 0.4) is 0 Å². The van der Waals surface area contributed by atoms with Crippen LogP contribution in [0.5, 0.6) is 17.2 Å². The zero-order valence-corrected chi connectivity index (χ0v) is 17.5. The molecule has 0 aliphatic carbocycles. The number of carbonyl (C=O) groups is 1. The Balaban J connectivity index is 2.13. The summed E-state index contributed by atoms with van der Waals surface area (Å²) >= 11 is 0. The molecular weight excluding hydrogens is 392 g/mol. The Morgan fingerprint density at radius 1 is 1.03 bits per heavy atom. The van der Waals surface area contributed by atoms with Gasteiger partial charge in [-0.25, -0.2) is 0 Å². The largest absolute Gasteiger partial charge is 0.493 e. The second kappa shape index (κ2) is 11.0. The molecule has 162 valence electrons. The van der Waals surface area contributed by atoms with Gasteiger partial charge in [0.05, 0.1) is 31.3 Å². The Bertz CT molecular complexity index is 868. The Kier molecular flexibility index (Phi) is 8.42. The number of carbonyl (C=O) groups excluding carboxylic acids is 1. The summed E-state index contributed by atoms with van der Waals surface area (Å²) in [5, 5.41) is 11.5. The highest BCUT2D eigenvalue weighted by Gasteiger charge is 2.26. The first-order valence-electron chi connectivity index (χ1n) is 9.30. The van der Waals surface area contributed by atoms with E-state index in [-0.39, 0.29) is 42.5 Å². The molecule has 0 aliphatic rings.